The lowest BCUT2D eigenvalue weighted by Crippen LogP contribution is -2.03. The van der Waals surface area contributed by atoms with E-state index in [1.807, 2.05) is 25.4 Å². The maximum Gasteiger partial charge on any atom is 0.149 e. The molecule has 2 N–H and O–H groups in total. The predicted octanol–water partition coefficient (Wildman–Crippen LogP) is 3.38. The molecule has 0 bridgehead atoms. The van der Waals surface area contributed by atoms with E-state index in [0.29, 0.717) is 12.6 Å². The Balaban J connectivity index is 2.51. The molecule has 1 unspecified atom stereocenters. The average molecular weight is 247 g/mol. The first-order chi connectivity index (χ1) is 8.67. The summed E-state index contributed by atoms with van der Waals surface area (Å²) in [5, 5.41) is 0. The van der Waals surface area contributed by atoms with Crippen LogP contribution in [0.4, 0.5) is 5.69 Å². The summed E-state index contributed by atoms with van der Waals surface area (Å²) in [7, 11) is 0. The van der Waals surface area contributed by atoms with Crippen molar-refractivity contribution in [1.29, 1.82) is 0 Å². The van der Waals surface area contributed by atoms with E-state index >= 15 is 0 Å². The van der Waals surface area contributed by atoms with Gasteiger partial charge in [0.25, 0.3) is 0 Å². The highest BCUT2D eigenvalue weighted by Crippen LogP contribution is 2.30. The molecule has 0 fully saturated rings. The Hall–Kier alpha value is -1.71. The van der Waals surface area contributed by atoms with Crippen LogP contribution in [0.5, 0.6) is 5.75 Å². The van der Waals surface area contributed by atoms with E-state index in [-0.39, 0.29) is 0 Å². The summed E-state index contributed by atoms with van der Waals surface area (Å²) in [6.07, 6.45) is 4.17. The lowest BCUT2D eigenvalue weighted by atomic mass is 10.2. The van der Waals surface area contributed by atoms with Crippen LogP contribution in [-0.2, 0) is 0 Å². The minimum Gasteiger partial charge on any atom is -0.491 e. The largest absolute Gasteiger partial charge is 0.491 e. The fourth-order valence-corrected chi connectivity index (χ4v) is 2.30. The number of imidazole rings is 1. The summed E-state index contributed by atoms with van der Waals surface area (Å²) in [6.45, 7) is 6.98. The molecule has 18 heavy (non-hydrogen) atoms. The molecule has 0 amide bonds. The molecule has 1 aromatic carbocycles. The van der Waals surface area contributed by atoms with Gasteiger partial charge in [-0.25, -0.2) is 4.98 Å². The van der Waals surface area contributed by atoms with Gasteiger partial charge in [-0.15, -0.1) is 0 Å². The Bertz CT molecular complexity index is 533. The third kappa shape index (κ3) is 2.28. The van der Waals surface area contributed by atoms with Crippen molar-refractivity contribution in [2.24, 2.45) is 0 Å². The van der Waals surface area contributed by atoms with Gasteiger partial charge in [-0.1, -0.05) is 13.3 Å². The van der Waals surface area contributed by atoms with Crippen molar-refractivity contribution < 1.29 is 4.74 Å². The second-order valence-electron chi connectivity index (χ2n) is 4.61. The molecule has 0 aliphatic heterocycles. The highest BCUT2D eigenvalue weighted by molar-refractivity contribution is 5.85. The summed E-state index contributed by atoms with van der Waals surface area (Å²) in [6, 6.07) is 4.24. The number of fused-ring (bicyclic) bond motifs is 1. The Kier molecular flexibility index (Phi) is 3.75. The van der Waals surface area contributed by atoms with Crippen molar-refractivity contribution in [3.05, 3.63) is 18.5 Å². The zero-order valence-corrected chi connectivity index (χ0v) is 11.3. The number of nitrogens with two attached hydrogens (primary N) is 1. The first-order valence-electron chi connectivity index (χ1n) is 6.56. The Morgan fingerprint density at radius 2 is 2.17 bits per heavy atom. The van der Waals surface area contributed by atoms with Crippen LogP contribution in [0.25, 0.3) is 11.0 Å². The molecule has 1 heterocycles. The fourth-order valence-electron chi connectivity index (χ4n) is 2.30. The van der Waals surface area contributed by atoms with Crippen LogP contribution in [-0.4, -0.2) is 16.2 Å². The second-order valence-corrected chi connectivity index (χ2v) is 4.61. The van der Waals surface area contributed by atoms with Crippen LogP contribution < -0.4 is 10.5 Å². The lowest BCUT2D eigenvalue weighted by Gasteiger charge is -2.14. The van der Waals surface area contributed by atoms with Gasteiger partial charge in [0.2, 0.25) is 0 Å². The van der Waals surface area contributed by atoms with E-state index in [0.717, 1.165) is 35.3 Å². The van der Waals surface area contributed by atoms with E-state index < -0.39 is 0 Å². The van der Waals surface area contributed by atoms with Gasteiger partial charge in [0, 0.05) is 17.8 Å². The van der Waals surface area contributed by atoms with Crippen molar-refractivity contribution in [1.82, 2.24) is 9.55 Å². The van der Waals surface area contributed by atoms with Gasteiger partial charge in [-0.3, -0.25) is 0 Å². The molecule has 4 heteroatoms. The number of anilines is 1. The van der Waals surface area contributed by atoms with E-state index in [9.17, 15) is 0 Å². The van der Waals surface area contributed by atoms with E-state index in [1.165, 1.54) is 0 Å². The maximum atomic E-state index is 5.94. The molecule has 0 aliphatic rings. The Morgan fingerprint density at radius 3 is 2.83 bits per heavy atom. The van der Waals surface area contributed by atoms with Crippen molar-refractivity contribution in [2.45, 2.75) is 39.7 Å². The summed E-state index contributed by atoms with van der Waals surface area (Å²) in [5.41, 5.74) is 8.61. The molecule has 98 valence electrons. The van der Waals surface area contributed by atoms with Gasteiger partial charge >= 0.3 is 0 Å². The molecule has 0 saturated heterocycles. The van der Waals surface area contributed by atoms with Gasteiger partial charge in [0.15, 0.2) is 0 Å². The quantitative estimate of drug-likeness (QED) is 0.824. The van der Waals surface area contributed by atoms with Crippen molar-refractivity contribution in [3.8, 4) is 5.75 Å². The van der Waals surface area contributed by atoms with E-state index in [4.69, 9.17) is 10.5 Å². The van der Waals surface area contributed by atoms with Crippen LogP contribution in [0, 0.1) is 0 Å². The van der Waals surface area contributed by atoms with Crippen LogP contribution in [0.2, 0.25) is 0 Å². The Labute approximate surface area is 108 Å². The van der Waals surface area contributed by atoms with Crippen molar-refractivity contribution >= 4 is 16.7 Å². The second kappa shape index (κ2) is 5.29. The smallest absolute Gasteiger partial charge is 0.149 e. The van der Waals surface area contributed by atoms with Gasteiger partial charge in [-0.05, 0) is 26.3 Å². The molecule has 2 rings (SSSR count). The first-order valence-corrected chi connectivity index (χ1v) is 6.56. The minimum atomic E-state index is 0.427. The summed E-state index contributed by atoms with van der Waals surface area (Å²) >= 11 is 0. The number of aromatic nitrogens is 2. The molecule has 2 aromatic rings. The number of rotatable bonds is 5. The number of nitrogen functional groups attached to an aromatic ring is 1. The highest BCUT2D eigenvalue weighted by Gasteiger charge is 2.13. The third-order valence-electron chi connectivity index (χ3n) is 3.15. The zero-order valence-electron chi connectivity index (χ0n) is 11.3. The summed E-state index contributed by atoms with van der Waals surface area (Å²) < 4.78 is 7.78. The number of benzene rings is 1. The van der Waals surface area contributed by atoms with E-state index in [1.54, 1.807) is 0 Å². The van der Waals surface area contributed by atoms with Gasteiger partial charge in [0.1, 0.15) is 11.3 Å². The minimum absolute atomic E-state index is 0.427. The lowest BCUT2D eigenvalue weighted by molar-refractivity contribution is 0.344. The van der Waals surface area contributed by atoms with Crippen LogP contribution in [0.1, 0.15) is 39.7 Å². The molecule has 1 aromatic heterocycles. The number of hydrogen-bond acceptors (Lipinski definition) is 3. The number of nitrogens with zero attached hydrogens (tertiary/aromatic N) is 2. The highest BCUT2D eigenvalue weighted by atomic mass is 16.5. The average Bonchev–Trinajstić information content (AvgIpc) is 2.73. The normalized spacial score (nSPS) is 12.8. The SMILES string of the molecule is CCCC(C)n1cnc2c(OCC)cc(N)cc21. The number of ether oxygens (including phenoxy) is 1. The maximum absolute atomic E-state index is 5.94. The third-order valence-corrected chi connectivity index (χ3v) is 3.15. The van der Waals surface area contributed by atoms with Gasteiger partial charge in [0.05, 0.1) is 18.5 Å². The summed E-state index contributed by atoms with van der Waals surface area (Å²) in [4.78, 5) is 4.46. The topological polar surface area (TPSA) is 53.1 Å². The molecule has 0 saturated carbocycles. The molecule has 0 radical (unpaired) electrons. The molecule has 4 nitrogen and oxygen atoms in total. The molecule has 0 aliphatic carbocycles. The first kappa shape index (κ1) is 12.7. The molecular formula is C14H21N3O. The number of hydrogen-bond donors (Lipinski definition) is 1. The monoisotopic (exact) mass is 247 g/mol. The van der Waals surface area contributed by atoms with Gasteiger partial charge < -0.3 is 15.0 Å². The predicted molar refractivity (Wildman–Crippen MR) is 74.9 cm³/mol. The van der Waals surface area contributed by atoms with Crippen LogP contribution >= 0.6 is 0 Å². The Morgan fingerprint density at radius 1 is 1.39 bits per heavy atom. The van der Waals surface area contributed by atoms with Crippen molar-refractivity contribution in [2.75, 3.05) is 12.3 Å². The molecule has 1 atom stereocenters. The summed E-state index contributed by atoms with van der Waals surface area (Å²) in [5.74, 6) is 0.773. The standard InChI is InChI=1S/C14H21N3O/c1-4-6-10(3)17-9-16-14-12(17)7-11(15)8-13(14)18-5-2/h7-10H,4-6,15H2,1-3H3. The van der Waals surface area contributed by atoms with Crippen molar-refractivity contribution in [3.63, 3.8) is 0 Å². The van der Waals surface area contributed by atoms with E-state index in [2.05, 4.69) is 23.4 Å². The molecular weight excluding hydrogens is 226 g/mol. The molecule has 0 spiro atoms. The zero-order chi connectivity index (χ0) is 13.1. The van der Waals surface area contributed by atoms with Gasteiger partial charge in [-0.2, -0.15) is 0 Å². The van der Waals surface area contributed by atoms with Crippen LogP contribution in [0.15, 0.2) is 18.5 Å². The van der Waals surface area contributed by atoms with Crippen LogP contribution in [0.3, 0.4) is 0 Å². The fraction of sp³-hybridized carbons (Fsp3) is 0.500.